The van der Waals surface area contributed by atoms with Crippen LogP contribution in [0, 0.1) is 6.92 Å². The number of nitrogens with one attached hydrogen (secondary N) is 1. The number of β-amino-alcohol motifs (C(OH)–C–C–N with tert-alkyl or cyclic N) is 1. The molecule has 0 atom stereocenters. The molecule has 16 heavy (non-hydrogen) atoms. The first-order valence-corrected chi connectivity index (χ1v) is 5.00. The minimum absolute atomic E-state index is 0.118. The second-order valence-electron chi connectivity index (χ2n) is 3.99. The summed E-state index contributed by atoms with van der Waals surface area (Å²) < 4.78 is 28.6. The molecule has 1 saturated heterocycles. The van der Waals surface area contributed by atoms with Gasteiger partial charge < -0.3 is 15.2 Å². The van der Waals surface area contributed by atoms with Gasteiger partial charge in [0.1, 0.15) is 11.4 Å². The van der Waals surface area contributed by atoms with Gasteiger partial charge in [-0.05, 0) is 24.1 Å². The van der Waals surface area contributed by atoms with Crippen LogP contribution < -0.4 is 10.1 Å². The second kappa shape index (κ2) is 3.99. The molecule has 1 aromatic carbocycles. The Morgan fingerprint density at radius 3 is 2.62 bits per heavy atom. The molecule has 3 nitrogen and oxygen atoms in total. The van der Waals surface area contributed by atoms with E-state index in [1.165, 1.54) is 6.07 Å². The van der Waals surface area contributed by atoms with E-state index in [1.54, 1.807) is 19.1 Å². The van der Waals surface area contributed by atoms with Gasteiger partial charge in [-0.3, -0.25) is 0 Å². The molecule has 1 heterocycles. The molecule has 1 aliphatic rings. The third-order valence-corrected chi connectivity index (χ3v) is 2.78. The smallest absolute Gasteiger partial charge is 0.387 e. The summed E-state index contributed by atoms with van der Waals surface area (Å²) in [6.45, 7) is -0.290. The predicted octanol–water partition coefficient (Wildman–Crippen LogP) is 1.39. The van der Waals surface area contributed by atoms with Crippen molar-refractivity contribution in [1.82, 2.24) is 5.32 Å². The molecule has 1 fully saturated rings. The van der Waals surface area contributed by atoms with Gasteiger partial charge in [0.2, 0.25) is 0 Å². The number of aliphatic hydroxyl groups is 1. The van der Waals surface area contributed by atoms with E-state index >= 15 is 0 Å². The lowest BCUT2D eigenvalue weighted by molar-refractivity contribution is -0.0513. The van der Waals surface area contributed by atoms with Gasteiger partial charge in [-0.1, -0.05) is 12.1 Å². The fraction of sp³-hybridized carbons (Fsp3) is 0.455. The van der Waals surface area contributed by atoms with Gasteiger partial charge in [-0.15, -0.1) is 0 Å². The summed E-state index contributed by atoms with van der Waals surface area (Å²) in [5.41, 5.74) is 0.279. The molecule has 2 N–H and O–H groups in total. The third-order valence-electron chi connectivity index (χ3n) is 2.78. The average molecular weight is 229 g/mol. The average Bonchev–Trinajstić information content (AvgIpc) is 2.17. The Kier molecular flexibility index (Phi) is 2.82. The molecule has 0 spiro atoms. The molecule has 1 aliphatic heterocycles. The van der Waals surface area contributed by atoms with Crippen LogP contribution in [0.2, 0.25) is 0 Å². The molecule has 0 saturated carbocycles. The molecule has 0 radical (unpaired) electrons. The Morgan fingerprint density at radius 2 is 2.12 bits per heavy atom. The van der Waals surface area contributed by atoms with Crippen molar-refractivity contribution in [3.63, 3.8) is 0 Å². The fourth-order valence-electron chi connectivity index (χ4n) is 1.68. The zero-order chi connectivity index (χ0) is 11.8. The van der Waals surface area contributed by atoms with Crippen molar-refractivity contribution in [2.75, 3.05) is 13.1 Å². The Hall–Kier alpha value is -1.20. The van der Waals surface area contributed by atoms with Crippen LogP contribution >= 0.6 is 0 Å². The summed E-state index contributed by atoms with van der Waals surface area (Å²) in [7, 11) is 0. The monoisotopic (exact) mass is 229 g/mol. The first-order valence-electron chi connectivity index (χ1n) is 5.00. The van der Waals surface area contributed by atoms with E-state index in [-0.39, 0.29) is 5.75 Å². The minimum atomic E-state index is -2.84. The summed E-state index contributed by atoms with van der Waals surface area (Å²) in [5.74, 6) is 0.118. The summed E-state index contributed by atoms with van der Waals surface area (Å²) in [6, 6.07) is 4.88. The van der Waals surface area contributed by atoms with Gasteiger partial charge in [0.25, 0.3) is 0 Å². The molecule has 0 amide bonds. The van der Waals surface area contributed by atoms with Crippen LogP contribution in [0.4, 0.5) is 8.78 Å². The first kappa shape index (κ1) is 11.3. The topological polar surface area (TPSA) is 41.5 Å². The van der Waals surface area contributed by atoms with E-state index in [0.29, 0.717) is 24.2 Å². The van der Waals surface area contributed by atoms with Gasteiger partial charge in [0.05, 0.1) is 0 Å². The van der Waals surface area contributed by atoms with Gasteiger partial charge in [-0.2, -0.15) is 8.78 Å². The van der Waals surface area contributed by atoms with Crippen LogP contribution in [0.3, 0.4) is 0 Å². The van der Waals surface area contributed by atoms with Crippen molar-refractivity contribution in [3.05, 3.63) is 29.3 Å². The fourth-order valence-corrected chi connectivity index (χ4v) is 1.68. The lowest BCUT2D eigenvalue weighted by Gasteiger charge is -2.38. The van der Waals surface area contributed by atoms with Crippen molar-refractivity contribution in [2.24, 2.45) is 0 Å². The Labute approximate surface area is 92.0 Å². The summed E-state index contributed by atoms with van der Waals surface area (Å²) in [5, 5.41) is 13.0. The van der Waals surface area contributed by atoms with Gasteiger partial charge in [-0.25, -0.2) is 0 Å². The van der Waals surface area contributed by atoms with Crippen LogP contribution in [0.5, 0.6) is 5.75 Å². The molecule has 1 aromatic rings. The quantitative estimate of drug-likeness (QED) is 0.823. The lowest BCUT2D eigenvalue weighted by atomic mass is 9.87. The van der Waals surface area contributed by atoms with Gasteiger partial charge in [0, 0.05) is 13.1 Å². The van der Waals surface area contributed by atoms with Crippen LogP contribution in [0.1, 0.15) is 11.1 Å². The highest BCUT2D eigenvalue weighted by Crippen LogP contribution is 2.30. The first-order chi connectivity index (χ1) is 7.51. The zero-order valence-corrected chi connectivity index (χ0v) is 8.84. The van der Waals surface area contributed by atoms with E-state index in [1.807, 2.05) is 0 Å². The van der Waals surface area contributed by atoms with Crippen molar-refractivity contribution >= 4 is 0 Å². The Bertz CT molecular complexity index is 392. The molecule has 0 aliphatic carbocycles. The van der Waals surface area contributed by atoms with Crippen LogP contribution in [-0.4, -0.2) is 24.8 Å². The van der Waals surface area contributed by atoms with Crippen molar-refractivity contribution in [1.29, 1.82) is 0 Å². The maximum Gasteiger partial charge on any atom is 0.387 e. The standard InChI is InChI=1S/C11H13F2NO2/c1-7-2-3-8(11(15)5-14-6-11)4-9(7)16-10(12)13/h2-4,10,14-15H,5-6H2,1H3. The summed E-state index contributed by atoms with van der Waals surface area (Å²) >= 11 is 0. The number of ether oxygens (including phenoxy) is 1. The van der Waals surface area contributed by atoms with Crippen molar-refractivity contribution in [2.45, 2.75) is 19.1 Å². The van der Waals surface area contributed by atoms with Gasteiger partial charge in [0.15, 0.2) is 0 Å². The maximum absolute atomic E-state index is 12.1. The number of benzene rings is 1. The number of hydrogen-bond donors (Lipinski definition) is 2. The lowest BCUT2D eigenvalue weighted by Crippen LogP contribution is -2.56. The van der Waals surface area contributed by atoms with Crippen LogP contribution in [-0.2, 0) is 5.60 Å². The number of hydrogen-bond acceptors (Lipinski definition) is 3. The summed E-state index contributed by atoms with van der Waals surface area (Å²) in [4.78, 5) is 0. The molecular formula is C11H13F2NO2. The summed E-state index contributed by atoms with van der Waals surface area (Å²) in [6.07, 6.45) is 0. The van der Waals surface area contributed by atoms with E-state index in [4.69, 9.17) is 0 Å². The minimum Gasteiger partial charge on any atom is -0.435 e. The molecule has 88 valence electrons. The zero-order valence-electron chi connectivity index (χ0n) is 8.84. The number of aryl methyl sites for hydroxylation is 1. The van der Waals surface area contributed by atoms with E-state index < -0.39 is 12.2 Å². The Balaban J connectivity index is 2.28. The second-order valence-corrected chi connectivity index (χ2v) is 3.99. The highest BCUT2D eigenvalue weighted by atomic mass is 19.3. The largest absolute Gasteiger partial charge is 0.435 e. The normalized spacial score (nSPS) is 18.3. The van der Waals surface area contributed by atoms with Gasteiger partial charge >= 0.3 is 6.61 Å². The highest BCUT2D eigenvalue weighted by molar-refractivity contribution is 5.40. The number of rotatable bonds is 3. The molecule has 0 aromatic heterocycles. The highest BCUT2D eigenvalue weighted by Gasteiger charge is 2.36. The maximum atomic E-state index is 12.1. The van der Waals surface area contributed by atoms with E-state index in [9.17, 15) is 13.9 Å². The molecule has 0 bridgehead atoms. The molecule has 0 unspecified atom stereocenters. The van der Waals surface area contributed by atoms with Crippen molar-refractivity contribution in [3.8, 4) is 5.75 Å². The van der Waals surface area contributed by atoms with Crippen LogP contribution in [0.15, 0.2) is 18.2 Å². The number of halogens is 2. The Morgan fingerprint density at radius 1 is 1.44 bits per heavy atom. The molecular weight excluding hydrogens is 216 g/mol. The number of alkyl halides is 2. The third kappa shape index (κ3) is 2.01. The predicted molar refractivity (Wildman–Crippen MR) is 54.6 cm³/mol. The van der Waals surface area contributed by atoms with E-state index in [0.717, 1.165) is 0 Å². The molecule has 5 heteroatoms. The molecule has 2 rings (SSSR count). The van der Waals surface area contributed by atoms with E-state index in [2.05, 4.69) is 10.1 Å². The SMILES string of the molecule is Cc1ccc(C2(O)CNC2)cc1OC(F)F. The van der Waals surface area contributed by atoms with Crippen molar-refractivity contribution < 1.29 is 18.6 Å². The van der Waals surface area contributed by atoms with Crippen LogP contribution in [0.25, 0.3) is 0 Å².